The Morgan fingerprint density at radius 3 is 2.71 bits per heavy atom. The van der Waals surface area contributed by atoms with Crippen molar-refractivity contribution in [3.05, 3.63) is 57.3 Å². The van der Waals surface area contributed by atoms with Crippen molar-refractivity contribution in [2.24, 2.45) is 0 Å². The highest BCUT2D eigenvalue weighted by atomic mass is 16.5. The first-order valence-corrected chi connectivity index (χ1v) is 7.89. The van der Waals surface area contributed by atoms with Crippen molar-refractivity contribution in [3.8, 4) is 5.75 Å². The monoisotopic (exact) mass is 329 g/mol. The molecule has 0 aliphatic heterocycles. The molecule has 1 heterocycles. The van der Waals surface area contributed by atoms with Gasteiger partial charge in [-0.25, -0.2) is 4.79 Å². The average molecular weight is 329 g/mol. The van der Waals surface area contributed by atoms with Crippen LogP contribution in [0.15, 0.2) is 29.1 Å². The Morgan fingerprint density at radius 2 is 2.00 bits per heavy atom. The van der Waals surface area contributed by atoms with Crippen molar-refractivity contribution < 1.29 is 9.53 Å². The quantitative estimate of drug-likeness (QED) is 0.875. The number of hydrogen-bond acceptors (Lipinski definition) is 4. The molecule has 24 heavy (non-hydrogen) atoms. The van der Waals surface area contributed by atoms with Crippen molar-refractivity contribution in [2.75, 3.05) is 13.2 Å². The lowest BCUT2D eigenvalue weighted by Gasteiger charge is -2.12. The van der Waals surface area contributed by atoms with E-state index in [4.69, 9.17) is 4.74 Å². The van der Waals surface area contributed by atoms with Gasteiger partial charge in [-0.15, -0.1) is 0 Å². The van der Waals surface area contributed by atoms with Crippen molar-refractivity contribution in [1.82, 2.24) is 14.9 Å². The Bertz CT molecular complexity index is 797. The first-order valence-electron chi connectivity index (χ1n) is 7.89. The molecule has 0 aliphatic carbocycles. The predicted molar refractivity (Wildman–Crippen MR) is 92.4 cm³/mol. The van der Waals surface area contributed by atoms with Gasteiger partial charge in [0.15, 0.2) is 6.61 Å². The van der Waals surface area contributed by atoms with Gasteiger partial charge in [0.05, 0.1) is 0 Å². The summed E-state index contributed by atoms with van der Waals surface area (Å²) in [7, 11) is 0. The minimum atomic E-state index is -0.298. The molecule has 0 radical (unpaired) electrons. The fourth-order valence-electron chi connectivity index (χ4n) is 2.43. The minimum absolute atomic E-state index is 0.0513. The third kappa shape index (κ3) is 4.44. The van der Waals surface area contributed by atoms with E-state index in [2.05, 4.69) is 10.3 Å². The number of nitrogens with zero attached hydrogens (tertiary/aromatic N) is 2. The zero-order valence-corrected chi connectivity index (χ0v) is 14.5. The van der Waals surface area contributed by atoms with Crippen molar-refractivity contribution in [2.45, 2.75) is 34.2 Å². The van der Waals surface area contributed by atoms with Crippen LogP contribution in [0.2, 0.25) is 0 Å². The molecule has 0 unspecified atom stereocenters. The minimum Gasteiger partial charge on any atom is -0.483 e. The number of aryl methyl sites for hydroxylation is 3. The van der Waals surface area contributed by atoms with Gasteiger partial charge in [-0.3, -0.25) is 9.36 Å². The molecule has 6 heteroatoms. The molecule has 0 atom stereocenters. The van der Waals surface area contributed by atoms with Crippen LogP contribution in [0.1, 0.15) is 22.5 Å². The summed E-state index contributed by atoms with van der Waals surface area (Å²) in [6, 6.07) is 7.58. The average Bonchev–Trinajstić information content (AvgIpc) is 2.51. The van der Waals surface area contributed by atoms with Gasteiger partial charge in [-0.2, -0.15) is 4.98 Å². The number of benzene rings is 1. The van der Waals surface area contributed by atoms with Gasteiger partial charge in [0, 0.05) is 24.5 Å². The van der Waals surface area contributed by atoms with E-state index in [-0.39, 0.29) is 18.2 Å². The van der Waals surface area contributed by atoms with E-state index in [0.29, 0.717) is 24.5 Å². The third-order valence-corrected chi connectivity index (χ3v) is 3.92. The van der Waals surface area contributed by atoms with Gasteiger partial charge in [0.25, 0.3) is 5.91 Å². The van der Waals surface area contributed by atoms with E-state index in [1.165, 1.54) is 0 Å². The van der Waals surface area contributed by atoms with Crippen LogP contribution in [-0.4, -0.2) is 28.6 Å². The second kappa shape index (κ2) is 7.77. The number of carbonyl (C=O) groups excluding carboxylic acids is 1. The molecule has 2 aromatic rings. The Labute approximate surface area is 141 Å². The van der Waals surface area contributed by atoms with Crippen LogP contribution in [0.4, 0.5) is 0 Å². The van der Waals surface area contributed by atoms with E-state index in [1.807, 2.05) is 45.0 Å². The van der Waals surface area contributed by atoms with Gasteiger partial charge in [-0.1, -0.05) is 12.1 Å². The summed E-state index contributed by atoms with van der Waals surface area (Å²) in [5.41, 5.74) is 3.37. The zero-order valence-electron chi connectivity index (χ0n) is 14.5. The van der Waals surface area contributed by atoms with Crippen molar-refractivity contribution in [3.63, 3.8) is 0 Å². The second-order valence-corrected chi connectivity index (χ2v) is 5.81. The topological polar surface area (TPSA) is 73.2 Å². The lowest BCUT2D eigenvalue weighted by Crippen LogP contribution is -2.35. The molecule has 0 aliphatic rings. The second-order valence-electron chi connectivity index (χ2n) is 5.81. The summed E-state index contributed by atoms with van der Waals surface area (Å²) in [4.78, 5) is 27.6. The number of aromatic nitrogens is 2. The lowest BCUT2D eigenvalue weighted by atomic mass is 10.1. The molecule has 6 nitrogen and oxygen atoms in total. The van der Waals surface area contributed by atoms with E-state index >= 15 is 0 Å². The van der Waals surface area contributed by atoms with Gasteiger partial charge in [0.2, 0.25) is 0 Å². The number of rotatable bonds is 6. The maximum atomic E-state index is 11.9. The number of amides is 1. The molecule has 2 rings (SSSR count). The smallest absolute Gasteiger partial charge is 0.348 e. The van der Waals surface area contributed by atoms with Crippen LogP contribution in [0, 0.1) is 27.7 Å². The zero-order chi connectivity index (χ0) is 17.7. The molecule has 1 N–H and O–H groups in total. The molecule has 0 spiro atoms. The van der Waals surface area contributed by atoms with E-state index in [9.17, 15) is 9.59 Å². The van der Waals surface area contributed by atoms with Crippen LogP contribution in [0.5, 0.6) is 5.75 Å². The highest BCUT2D eigenvalue weighted by Gasteiger charge is 2.07. The molecule has 0 bridgehead atoms. The summed E-state index contributed by atoms with van der Waals surface area (Å²) < 4.78 is 7.09. The Balaban J connectivity index is 1.84. The molecule has 0 fully saturated rings. The summed E-state index contributed by atoms with van der Waals surface area (Å²) in [5, 5.41) is 2.75. The summed E-state index contributed by atoms with van der Waals surface area (Å²) >= 11 is 0. The fourth-order valence-corrected chi connectivity index (χ4v) is 2.43. The summed E-state index contributed by atoms with van der Waals surface area (Å²) in [6.45, 7) is 8.27. The Morgan fingerprint density at radius 1 is 1.25 bits per heavy atom. The van der Waals surface area contributed by atoms with Crippen LogP contribution >= 0.6 is 0 Å². The first kappa shape index (κ1) is 17.7. The van der Waals surface area contributed by atoms with Crippen molar-refractivity contribution >= 4 is 5.91 Å². The molecule has 1 aromatic carbocycles. The highest BCUT2D eigenvalue weighted by Crippen LogP contribution is 2.20. The van der Waals surface area contributed by atoms with Gasteiger partial charge < -0.3 is 10.1 Å². The first-order chi connectivity index (χ1) is 11.4. The number of carbonyl (C=O) groups is 1. The fraction of sp³-hybridized carbons (Fsp3) is 0.389. The number of ether oxygens (including phenoxy) is 1. The SMILES string of the molecule is Cc1cc(C)n(CCNC(=O)COc2cccc(C)c2C)c(=O)n1. The molecular formula is C18H23N3O3. The molecule has 0 saturated carbocycles. The maximum Gasteiger partial charge on any atom is 0.348 e. The van der Waals surface area contributed by atoms with Gasteiger partial charge in [-0.05, 0) is 51.0 Å². The van der Waals surface area contributed by atoms with Crippen molar-refractivity contribution in [1.29, 1.82) is 0 Å². The predicted octanol–water partition coefficient (Wildman–Crippen LogP) is 1.67. The molecule has 1 amide bonds. The van der Waals surface area contributed by atoms with Crippen LogP contribution in [0.25, 0.3) is 0 Å². The standard InChI is InChI=1S/C18H23N3O3/c1-12-6-5-7-16(15(12)4)24-11-17(22)19-8-9-21-14(3)10-13(2)20-18(21)23/h5-7,10H,8-9,11H2,1-4H3,(H,19,22). The molecule has 0 saturated heterocycles. The van der Waals surface area contributed by atoms with E-state index in [0.717, 1.165) is 16.8 Å². The molecule has 128 valence electrons. The van der Waals surface area contributed by atoms with Gasteiger partial charge in [0.1, 0.15) is 5.75 Å². The van der Waals surface area contributed by atoms with E-state index < -0.39 is 0 Å². The van der Waals surface area contributed by atoms with E-state index in [1.54, 1.807) is 11.5 Å². The van der Waals surface area contributed by atoms with Gasteiger partial charge >= 0.3 is 5.69 Å². The Kier molecular flexibility index (Phi) is 5.73. The number of hydrogen-bond donors (Lipinski definition) is 1. The molecule has 1 aromatic heterocycles. The normalized spacial score (nSPS) is 10.5. The lowest BCUT2D eigenvalue weighted by molar-refractivity contribution is -0.123. The van der Waals surface area contributed by atoms with Crippen LogP contribution < -0.4 is 15.7 Å². The summed E-state index contributed by atoms with van der Waals surface area (Å²) in [5.74, 6) is 0.488. The van der Waals surface area contributed by atoms with Crippen LogP contribution in [0.3, 0.4) is 0 Å². The maximum absolute atomic E-state index is 11.9. The highest BCUT2D eigenvalue weighted by molar-refractivity contribution is 5.77. The van der Waals surface area contributed by atoms with Crippen LogP contribution in [-0.2, 0) is 11.3 Å². The molecular weight excluding hydrogens is 306 g/mol. The third-order valence-electron chi connectivity index (χ3n) is 3.92. The number of nitrogens with one attached hydrogen (secondary N) is 1. The Hall–Kier alpha value is -2.63. The largest absolute Gasteiger partial charge is 0.483 e. The summed E-state index contributed by atoms with van der Waals surface area (Å²) in [6.07, 6.45) is 0.